The topological polar surface area (TPSA) is 0 Å². The van der Waals surface area contributed by atoms with Crippen molar-refractivity contribution in [1.29, 1.82) is 0 Å². The van der Waals surface area contributed by atoms with Gasteiger partial charge < -0.3 is 0 Å². The zero-order valence-corrected chi connectivity index (χ0v) is 6.89. The van der Waals surface area contributed by atoms with Crippen LogP contribution < -0.4 is 0 Å². The molecular weight excluding hydrogens is 120 g/mol. The maximum absolute atomic E-state index is 2.22. The Hall–Kier alpha value is -0.780. The molecule has 1 rings (SSSR count). The minimum absolute atomic E-state index is 0.606. The van der Waals surface area contributed by atoms with Gasteiger partial charge in [0.2, 0.25) is 0 Å². The van der Waals surface area contributed by atoms with E-state index in [1.165, 1.54) is 11.1 Å². The van der Waals surface area contributed by atoms with E-state index in [0.29, 0.717) is 5.92 Å². The lowest BCUT2D eigenvalue weighted by atomic mass is 9.90. The van der Waals surface area contributed by atoms with Crippen molar-refractivity contribution >= 4 is 0 Å². The average molecular weight is 134 g/mol. The Kier molecular flexibility index (Phi) is 2.10. The second-order valence-corrected chi connectivity index (χ2v) is 2.77. The van der Waals surface area contributed by atoms with Gasteiger partial charge in [0, 0.05) is 0 Å². The monoisotopic (exact) mass is 134 g/mol. The summed E-state index contributed by atoms with van der Waals surface area (Å²) in [5, 5.41) is 0. The summed E-state index contributed by atoms with van der Waals surface area (Å²) in [6, 6.07) is 0. The van der Waals surface area contributed by atoms with Gasteiger partial charge in [-0.2, -0.15) is 0 Å². The van der Waals surface area contributed by atoms with E-state index in [4.69, 9.17) is 0 Å². The van der Waals surface area contributed by atoms with Crippen LogP contribution in [0.15, 0.2) is 35.5 Å². The van der Waals surface area contributed by atoms with Crippen molar-refractivity contribution in [3.63, 3.8) is 0 Å². The molecular formula is C10H14. The predicted molar refractivity (Wildman–Crippen MR) is 45.8 cm³/mol. The molecule has 0 aromatic carbocycles. The first-order valence-electron chi connectivity index (χ1n) is 3.77. The largest absolute Gasteiger partial charge is 0.0836 e. The lowest BCUT2D eigenvalue weighted by molar-refractivity contribution is 0.859. The number of hydrogen-bond donors (Lipinski definition) is 0. The number of rotatable bonds is 0. The number of hydrogen-bond acceptors (Lipinski definition) is 0. The first-order valence-corrected chi connectivity index (χ1v) is 3.77. The highest BCUT2D eigenvalue weighted by molar-refractivity contribution is 5.39. The van der Waals surface area contributed by atoms with Crippen molar-refractivity contribution in [3.8, 4) is 0 Å². The molecule has 1 aliphatic carbocycles. The summed E-state index contributed by atoms with van der Waals surface area (Å²) in [4.78, 5) is 0. The molecule has 0 heterocycles. The molecule has 54 valence electrons. The van der Waals surface area contributed by atoms with Gasteiger partial charge in [-0.1, -0.05) is 31.2 Å². The molecule has 10 heavy (non-hydrogen) atoms. The third-order valence-electron chi connectivity index (χ3n) is 2.00. The van der Waals surface area contributed by atoms with E-state index in [9.17, 15) is 0 Å². The molecule has 1 aliphatic rings. The molecule has 0 nitrogen and oxygen atoms in total. The molecule has 1 atom stereocenters. The Morgan fingerprint density at radius 2 is 2.20 bits per heavy atom. The van der Waals surface area contributed by atoms with Crippen molar-refractivity contribution in [3.05, 3.63) is 35.5 Å². The normalized spacial score (nSPS) is 28.9. The highest BCUT2D eigenvalue weighted by Gasteiger charge is 2.07. The summed E-state index contributed by atoms with van der Waals surface area (Å²) in [5.74, 6) is 0.606. The van der Waals surface area contributed by atoms with E-state index in [-0.39, 0.29) is 0 Å². The SMILES string of the molecule is CC=C1C(C)=CC=CC1C. The Morgan fingerprint density at radius 3 is 2.60 bits per heavy atom. The second kappa shape index (κ2) is 2.87. The van der Waals surface area contributed by atoms with Crippen molar-refractivity contribution in [2.45, 2.75) is 20.8 Å². The van der Waals surface area contributed by atoms with Crippen LogP contribution in [0.5, 0.6) is 0 Å². The molecule has 0 aromatic rings. The highest BCUT2D eigenvalue weighted by atomic mass is 14.1. The van der Waals surface area contributed by atoms with E-state index in [1.807, 2.05) is 0 Å². The smallest absolute Gasteiger partial charge is 0.000796 e. The maximum Gasteiger partial charge on any atom is -0.000796 e. The molecule has 0 fully saturated rings. The van der Waals surface area contributed by atoms with Crippen LogP contribution in [0.4, 0.5) is 0 Å². The standard InChI is InChI=1S/C10H14/c1-4-10-8(2)6-5-7-9(10)3/h4-8H,1-3H3. The zero-order valence-electron chi connectivity index (χ0n) is 6.89. The molecule has 0 aliphatic heterocycles. The van der Waals surface area contributed by atoms with E-state index in [1.54, 1.807) is 0 Å². The van der Waals surface area contributed by atoms with E-state index in [2.05, 4.69) is 45.1 Å². The minimum Gasteiger partial charge on any atom is -0.0836 e. The Labute approximate surface area is 62.9 Å². The highest BCUT2D eigenvalue weighted by Crippen LogP contribution is 2.23. The molecule has 0 bridgehead atoms. The molecule has 0 saturated carbocycles. The van der Waals surface area contributed by atoms with Crippen LogP contribution in [0.25, 0.3) is 0 Å². The summed E-state index contributed by atoms with van der Waals surface area (Å²) >= 11 is 0. The fraction of sp³-hybridized carbons (Fsp3) is 0.400. The number of allylic oxidation sites excluding steroid dienone is 6. The Bertz CT molecular complexity index is 204. The van der Waals surface area contributed by atoms with Crippen LogP contribution in [0.3, 0.4) is 0 Å². The van der Waals surface area contributed by atoms with Crippen molar-refractivity contribution in [1.82, 2.24) is 0 Å². The van der Waals surface area contributed by atoms with Crippen LogP contribution >= 0.6 is 0 Å². The van der Waals surface area contributed by atoms with Crippen molar-refractivity contribution < 1.29 is 0 Å². The van der Waals surface area contributed by atoms with Crippen LogP contribution in [-0.4, -0.2) is 0 Å². The predicted octanol–water partition coefficient (Wildman–Crippen LogP) is 3.08. The van der Waals surface area contributed by atoms with Crippen molar-refractivity contribution in [2.75, 3.05) is 0 Å². The van der Waals surface area contributed by atoms with Gasteiger partial charge in [-0.15, -0.1) is 0 Å². The molecule has 0 aromatic heterocycles. The fourth-order valence-corrected chi connectivity index (χ4v) is 1.42. The minimum atomic E-state index is 0.606. The molecule has 0 heteroatoms. The summed E-state index contributed by atoms with van der Waals surface area (Å²) in [5.41, 5.74) is 2.86. The van der Waals surface area contributed by atoms with Gasteiger partial charge in [0.25, 0.3) is 0 Å². The van der Waals surface area contributed by atoms with Gasteiger partial charge in [-0.3, -0.25) is 0 Å². The van der Waals surface area contributed by atoms with Crippen LogP contribution in [0, 0.1) is 5.92 Å². The molecule has 0 N–H and O–H groups in total. The van der Waals surface area contributed by atoms with Gasteiger partial charge in [0.05, 0.1) is 0 Å². The van der Waals surface area contributed by atoms with Gasteiger partial charge >= 0.3 is 0 Å². The molecule has 0 radical (unpaired) electrons. The van der Waals surface area contributed by atoms with Crippen molar-refractivity contribution in [2.24, 2.45) is 5.92 Å². The summed E-state index contributed by atoms with van der Waals surface area (Å²) in [7, 11) is 0. The summed E-state index contributed by atoms with van der Waals surface area (Å²) in [6.07, 6.45) is 8.71. The maximum atomic E-state index is 2.22. The van der Waals surface area contributed by atoms with Crippen LogP contribution in [-0.2, 0) is 0 Å². The van der Waals surface area contributed by atoms with Crippen LogP contribution in [0.1, 0.15) is 20.8 Å². The average Bonchev–Trinajstić information content (AvgIpc) is 1.88. The van der Waals surface area contributed by atoms with Gasteiger partial charge in [0.15, 0.2) is 0 Å². The van der Waals surface area contributed by atoms with Gasteiger partial charge in [-0.05, 0) is 30.9 Å². The van der Waals surface area contributed by atoms with E-state index in [0.717, 1.165) is 0 Å². The first kappa shape index (κ1) is 7.33. The summed E-state index contributed by atoms with van der Waals surface area (Å²) in [6.45, 7) is 6.49. The van der Waals surface area contributed by atoms with E-state index < -0.39 is 0 Å². The Morgan fingerprint density at radius 1 is 1.50 bits per heavy atom. The molecule has 0 spiro atoms. The zero-order chi connectivity index (χ0) is 7.56. The lowest BCUT2D eigenvalue weighted by Crippen LogP contribution is -1.99. The van der Waals surface area contributed by atoms with Gasteiger partial charge in [0.1, 0.15) is 0 Å². The summed E-state index contributed by atoms with van der Waals surface area (Å²) < 4.78 is 0. The molecule has 0 saturated heterocycles. The lowest BCUT2D eigenvalue weighted by Gasteiger charge is -2.15. The van der Waals surface area contributed by atoms with Crippen LogP contribution in [0.2, 0.25) is 0 Å². The fourth-order valence-electron chi connectivity index (χ4n) is 1.42. The van der Waals surface area contributed by atoms with Gasteiger partial charge in [-0.25, -0.2) is 0 Å². The quantitative estimate of drug-likeness (QED) is 0.477. The third-order valence-corrected chi connectivity index (χ3v) is 2.00. The second-order valence-electron chi connectivity index (χ2n) is 2.77. The van der Waals surface area contributed by atoms with E-state index >= 15 is 0 Å². The molecule has 0 amide bonds. The Balaban J connectivity index is 2.93. The third kappa shape index (κ3) is 1.21. The molecule has 1 unspecified atom stereocenters. The first-order chi connectivity index (χ1) is 4.75.